The van der Waals surface area contributed by atoms with Crippen LogP contribution < -0.4 is 0 Å². The van der Waals surface area contributed by atoms with Crippen LogP contribution in [0, 0.1) is 18.3 Å². The van der Waals surface area contributed by atoms with Crippen molar-refractivity contribution in [3.8, 4) is 6.07 Å². The van der Waals surface area contributed by atoms with Gasteiger partial charge >= 0.3 is 0 Å². The van der Waals surface area contributed by atoms with Gasteiger partial charge in [-0.1, -0.05) is 15.9 Å². The number of alkyl halides is 3. The Labute approximate surface area is 88.7 Å². The molecule has 1 rings (SSSR count). The van der Waals surface area contributed by atoms with Gasteiger partial charge in [0.05, 0.1) is 22.9 Å². The van der Waals surface area contributed by atoms with E-state index in [2.05, 4.69) is 20.9 Å². The van der Waals surface area contributed by atoms with Gasteiger partial charge in [-0.25, -0.2) is 8.78 Å². The predicted molar refractivity (Wildman–Crippen MR) is 51.3 cm³/mol. The summed E-state index contributed by atoms with van der Waals surface area (Å²) < 4.78 is 25.2. The van der Waals surface area contributed by atoms with Crippen LogP contribution in [0.3, 0.4) is 0 Å². The monoisotopic (exact) mass is 260 g/mol. The summed E-state index contributed by atoms with van der Waals surface area (Å²) in [6.45, 7) is 1.67. The van der Waals surface area contributed by atoms with Crippen molar-refractivity contribution in [2.75, 3.05) is 0 Å². The molecule has 0 bridgehead atoms. The van der Waals surface area contributed by atoms with Gasteiger partial charge in [0.25, 0.3) is 6.43 Å². The summed E-state index contributed by atoms with van der Waals surface area (Å²) in [5.41, 5.74) is 0.536. The average molecular weight is 261 g/mol. The standard InChI is InChI=1S/C9H7BrF2N2/c1-5-2-6(4-13)8(9(11)12)7(3-10)14-5/h2,9H,3H2,1H3. The zero-order valence-electron chi connectivity index (χ0n) is 7.39. The molecule has 0 atom stereocenters. The highest BCUT2D eigenvalue weighted by atomic mass is 79.9. The molecule has 0 aliphatic rings. The van der Waals surface area contributed by atoms with Crippen molar-refractivity contribution in [3.05, 3.63) is 28.6 Å². The molecule has 0 aromatic carbocycles. The van der Waals surface area contributed by atoms with E-state index in [4.69, 9.17) is 5.26 Å². The maximum absolute atomic E-state index is 12.6. The van der Waals surface area contributed by atoms with Crippen LogP contribution in [0.5, 0.6) is 0 Å². The molecular weight excluding hydrogens is 254 g/mol. The molecule has 5 heteroatoms. The van der Waals surface area contributed by atoms with E-state index < -0.39 is 6.43 Å². The molecule has 1 aromatic rings. The number of rotatable bonds is 2. The number of pyridine rings is 1. The number of nitriles is 1. The molecule has 74 valence electrons. The number of hydrogen-bond donors (Lipinski definition) is 0. The Morgan fingerprint density at radius 2 is 2.29 bits per heavy atom. The second kappa shape index (κ2) is 4.47. The zero-order chi connectivity index (χ0) is 10.7. The number of halogens is 3. The Kier molecular flexibility index (Phi) is 3.53. The first kappa shape index (κ1) is 11.1. The fraction of sp³-hybridized carbons (Fsp3) is 0.333. The predicted octanol–water partition coefficient (Wildman–Crippen LogP) is 3.09. The van der Waals surface area contributed by atoms with Gasteiger partial charge in [-0.2, -0.15) is 5.26 Å². The van der Waals surface area contributed by atoms with Crippen molar-refractivity contribution >= 4 is 15.9 Å². The number of hydrogen-bond acceptors (Lipinski definition) is 2. The van der Waals surface area contributed by atoms with Crippen LogP contribution in [0.15, 0.2) is 6.07 Å². The fourth-order valence-electron chi connectivity index (χ4n) is 1.19. The summed E-state index contributed by atoms with van der Waals surface area (Å²) in [7, 11) is 0. The number of aromatic nitrogens is 1. The lowest BCUT2D eigenvalue weighted by Gasteiger charge is -2.08. The van der Waals surface area contributed by atoms with Gasteiger partial charge in [0.15, 0.2) is 0 Å². The average Bonchev–Trinajstić information content (AvgIpc) is 2.15. The van der Waals surface area contributed by atoms with E-state index in [1.807, 2.05) is 0 Å². The Bertz CT molecular complexity index is 385. The highest BCUT2D eigenvalue weighted by molar-refractivity contribution is 9.08. The minimum absolute atomic E-state index is 0.00181. The number of nitrogens with zero attached hydrogens (tertiary/aromatic N) is 2. The van der Waals surface area contributed by atoms with Crippen LogP contribution >= 0.6 is 15.9 Å². The van der Waals surface area contributed by atoms with Crippen molar-refractivity contribution in [2.45, 2.75) is 18.7 Å². The van der Waals surface area contributed by atoms with Crippen molar-refractivity contribution < 1.29 is 8.78 Å². The highest BCUT2D eigenvalue weighted by Crippen LogP contribution is 2.27. The molecule has 0 radical (unpaired) electrons. The van der Waals surface area contributed by atoms with E-state index in [9.17, 15) is 8.78 Å². The summed E-state index contributed by atoms with van der Waals surface area (Å²) >= 11 is 3.07. The minimum atomic E-state index is -2.66. The third-order valence-electron chi connectivity index (χ3n) is 1.73. The van der Waals surface area contributed by atoms with Crippen LogP contribution in [0.1, 0.15) is 28.9 Å². The first-order valence-electron chi connectivity index (χ1n) is 3.84. The van der Waals surface area contributed by atoms with Crippen LogP contribution in [0.25, 0.3) is 0 Å². The van der Waals surface area contributed by atoms with Crippen molar-refractivity contribution in [3.63, 3.8) is 0 Å². The Morgan fingerprint density at radius 1 is 1.64 bits per heavy atom. The first-order chi connectivity index (χ1) is 6.60. The molecule has 0 saturated heterocycles. The summed E-state index contributed by atoms with van der Waals surface area (Å²) in [5, 5.41) is 8.91. The van der Waals surface area contributed by atoms with Gasteiger partial charge in [0.1, 0.15) is 0 Å². The van der Waals surface area contributed by atoms with Crippen LogP contribution in [-0.4, -0.2) is 4.98 Å². The van der Waals surface area contributed by atoms with Crippen molar-refractivity contribution in [1.29, 1.82) is 5.26 Å². The van der Waals surface area contributed by atoms with Gasteiger partial charge in [0.2, 0.25) is 0 Å². The summed E-state index contributed by atoms with van der Waals surface area (Å²) in [6, 6.07) is 3.12. The van der Waals surface area contributed by atoms with Crippen molar-refractivity contribution in [1.82, 2.24) is 4.98 Å². The lowest BCUT2D eigenvalue weighted by molar-refractivity contribution is 0.149. The maximum atomic E-state index is 12.6. The van der Waals surface area contributed by atoms with Gasteiger partial charge in [0, 0.05) is 11.0 Å². The second-order valence-corrected chi connectivity index (χ2v) is 3.28. The Balaban J connectivity index is 3.42. The van der Waals surface area contributed by atoms with Gasteiger partial charge < -0.3 is 0 Å². The Hall–Kier alpha value is -1.02. The van der Waals surface area contributed by atoms with Gasteiger partial charge in [-0.15, -0.1) is 0 Å². The number of aryl methyl sites for hydroxylation is 1. The zero-order valence-corrected chi connectivity index (χ0v) is 8.98. The molecule has 0 spiro atoms. The van der Waals surface area contributed by atoms with E-state index in [-0.39, 0.29) is 22.2 Å². The van der Waals surface area contributed by atoms with E-state index in [0.717, 1.165) is 0 Å². The fourth-order valence-corrected chi connectivity index (χ4v) is 1.61. The maximum Gasteiger partial charge on any atom is 0.266 e. The molecular formula is C9H7BrF2N2. The molecule has 14 heavy (non-hydrogen) atoms. The lowest BCUT2D eigenvalue weighted by Crippen LogP contribution is -2.01. The molecule has 0 fully saturated rings. The van der Waals surface area contributed by atoms with E-state index in [0.29, 0.717) is 5.69 Å². The summed E-state index contributed by atoms with van der Waals surface area (Å²) in [4.78, 5) is 3.94. The highest BCUT2D eigenvalue weighted by Gasteiger charge is 2.19. The van der Waals surface area contributed by atoms with E-state index in [1.165, 1.54) is 6.07 Å². The molecule has 0 aliphatic heterocycles. The molecule has 0 saturated carbocycles. The first-order valence-corrected chi connectivity index (χ1v) is 4.97. The second-order valence-electron chi connectivity index (χ2n) is 2.72. The third-order valence-corrected chi connectivity index (χ3v) is 2.26. The van der Waals surface area contributed by atoms with Gasteiger partial charge in [-0.05, 0) is 13.0 Å². The van der Waals surface area contributed by atoms with Gasteiger partial charge in [-0.3, -0.25) is 4.98 Å². The topological polar surface area (TPSA) is 36.7 Å². The quantitative estimate of drug-likeness (QED) is 0.767. The van der Waals surface area contributed by atoms with Crippen molar-refractivity contribution in [2.24, 2.45) is 0 Å². The van der Waals surface area contributed by atoms with E-state index >= 15 is 0 Å². The molecule has 2 nitrogen and oxygen atoms in total. The molecule has 0 unspecified atom stereocenters. The van der Waals surface area contributed by atoms with Crippen LogP contribution in [0.2, 0.25) is 0 Å². The molecule has 0 amide bonds. The summed E-state index contributed by atoms with van der Waals surface area (Å²) in [6.07, 6.45) is -2.66. The molecule has 0 N–H and O–H groups in total. The lowest BCUT2D eigenvalue weighted by atomic mass is 10.1. The largest absolute Gasteiger partial charge is 0.266 e. The van der Waals surface area contributed by atoms with Crippen LogP contribution in [0.4, 0.5) is 8.78 Å². The molecule has 1 heterocycles. The molecule has 0 aliphatic carbocycles. The van der Waals surface area contributed by atoms with Crippen LogP contribution in [-0.2, 0) is 5.33 Å². The third kappa shape index (κ3) is 2.07. The SMILES string of the molecule is Cc1cc(C#N)c(C(F)F)c(CBr)n1. The van der Waals surface area contributed by atoms with E-state index in [1.54, 1.807) is 13.0 Å². The molecule has 1 aromatic heterocycles. The Morgan fingerprint density at radius 3 is 2.71 bits per heavy atom. The smallest absolute Gasteiger partial charge is 0.257 e. The normalized spacial score (nSPS) is 10.3. The summed E-state index contributed by atoms with van der Waals surface area (Å²) in [5.74, 6) is 0. The minimum Gasteiger partial charge on any atom is -0.257 e.